The molecule has 3 aromatic rings. The van der Waals surface area contributed by atoms with Crippen LogP contribution in [0.15, 0.2) is 34.7 Å². The highest BCUT2D eigenvalue weighted by atomic mass is 16.4. The highest BCUT2D eigenvalue weighted by Gasteiger charge is 2.20. The van der Waals surface area contributed by atoms with E-state index in [0.29, 0.717) is 5.76 Å². The zero-order valence-corrected chi connectivity index (χ0v) is 11.9. The van der Waals surface area contributed by atoms with Gasteiger partial charge in [0, 0.05) is 11.9 Å². The Hall–Kier alpha value is -2.07. The molecule has 0 spiro atoms. The summed E-state index contributed by atoms with van der Waals surface area (Å²) in [5.41, 5.74) is 3.57. The minimum Gasteiger partial charge on any atom is -0.458 e. The lowest BCUT2D eigenvalue weighted by Gasteiger charge is -2.09. The zero-order chi connectivity index (χ0) is 14.3. The number of rotatable bonds is 3. The van der Waals surface area contributed by atoms with E-state index >= 15 is 0 Å². The van der Waals surface area contributed by atoms with Crippen molar-refractivity contribution in [2.75, 3.05) is 0 Å². The molecule has 0 saturated carbocycles. The molecule has 0 aliphatic heterocycles. The first-order chi connectivity index (χ1) is 9.60. The molecule has 3 rings (SSSR count). The van der Waals surface area contributed by atoms with Crippen LogP contribution in [-0.2, 0) is 6.54 Å². The van der Waals surface area contributed by atoms with Crippen LogP contribution in [0.4, 0.5) is 0 Å². The summed E-state index contributed by atoms with van der Waals surface area (Å²) in [7, 11) is 0. The molecule has 0 saturated heterocycles. The Morgan fingerprint density at radius 1 is 1.30 bits per heavy atom. The maximum atomic E-state index is 10.6. The number of nitrogens with zero attached hydrogens (tertiary/aromatic N) is 2. The standard InChI is InChI=1S/C16H18N2O2/c1-4-18-13(8-11(3)17-18)15(19)14-9-12-7-5-6-10(2)16(12)20-14/h5-9,15,19H,4H2,1-3H3. The van der Waals surface area contributed by atoms with Gasteiger partial charge in [-0.25, -0.2) is 0 Å². The van der Waals surface area contributed by atoms with Crippen LogP contribution >= 0.6 is 0 Å². The van der Waals surface area contributed by atoms with E-state index in [9.17, 15) is 5.11 Å². The molecule has 0 aliphatic carbocycles. The summed E-state index contributed by atoms with van der Waals surface area (Å²) in [5, 5.41) is 15.9. The van der Waals surface area contributed by atoms with Crippen molar-refractivity contribution in [2.24, 2.45) is 0 Å². The number of benzene rings is 1. The van der Waals surface area contributed by atoms with Crippen molar-refractivity contribution in [1.29, 1.82) is 0 Å². The van der Waals surface area contributed by atoms with Crippen LogP contribution in [0.5, 0.6) is 0 Å². The van der Waals surface area contributed by atoms with Crippen molar-refractivity contribution >= 4 is 11.0 Å². The maximum absolute atomic E-state index is 10.6. The van der Waals surface area contributed by atoms with Crippen molar-refractivity contribution in [2.45, 2.75) is 33.4 Å². The Bertz CT molecular complexity index is 755. The van der Waals surface area contributed by atoms with E-state index in [1.807, 2.05) is 51.1 Å². The average Bonchev–Trinajstić information content (AvgIpc) is 3.02. The van der Waals surface area contributed by atoms with E-state index in [1.165, 1.54) is 0 Å². The van der Waals surface area contributed by atoms with Crippen LogP contribution < -0.4 is 0 Å². The van der Waals surface area contributed by atoms with Gasteiger partial charge >= 0.3 is 0 Å². The summed E-state index contributed by atoms with van der Waals surface area (Å²) < 4.78 is 7.64. The summed E-state index contributed by atoms with van der Waals surface area (Å²) in [5.74, 6) is 0.559. The van der Waals surface area contributed by atoms with Crippen LogP contribution in [0.25, 0.3) is 11.0 Å². The van der Waals surface area contributed by atoms with E-state index in [0.717, 1.165) is 34.5 Å². The van der Waals surface area contributed by atoms with E-state index in [4.69, 9.17) is 4.42 Å². The number of aromatic nitrogens is 2. The average molecular weight is 270 g/mol. The molecule has 1 unspecified atom stereocenters. The predicted molar refractivity (Wildman–Crippen MR) is 77.7 cm³/mol. The minimum atomic E-state index is -0.789. The number of aryl methyl sites for hydroxylation is 3. The molecule has 1 N–H and O–H groups in total. The van der Waals surface area contributed by atoms with E-state index < -0.39 is 6.10 Å². The Kier molecular flexibility index (Phi) is 3.10. The number of hydrogen-bond acceptors (Lipinski definition) is 3. The largest absolute Gasteiger partial charge is 0.458 e. The molecule has 0 bridgehead atoms. The van der Waals surface area contributed by atoms with Gasteiger partial charge in [0.15, 0.2) is 6.10 Å². The normalized spacial score (nSPS) is 13.0. The first-order valence-corrected chi connectivity index (χ1v) is 6.81. The van der Waals surface area contributed by atoms with Gasteiger partial charge in [-0.2, -0.15) is 5.10 Å². The van der Waals surface area contributed by atoms with Gasteiger partial charge in [-0.05, 0) is 38.5 Å². The fourth-order valence-corrected chi connectivity index (χ4v) is 2.55. The summed E-state index contributed by atoms with van der Waals surface area (Å²) in [6.07, 6.45) is -0.789. The van der Waals surface area contributed by atoms with E-state index in [-0.39, 0.29) is 0 Å². The van der Waals surface area contributed by atoms with E-state index in [2.05, 4.69) is 5.10 Å². The number of para-hydroxylation sites is 1. The van der Waals surface area contributed by atoms with Gasteiger partial charge in [-0.3, -0.25) is 4.68 Å². The van der Waals surface area contributed by atoms with Gasteiger partial charge < -0.3 is 9.52 Å². The van der Waals surface area contributed by atoms with Gasteiger partial charge in [-0.1, -0.05) is 18.2 Å². The third kappa shape index (κ3) is 2.02. The van der Waals surface area contributed by atoms with Gasteiger partial charge in [-0.15, -0.1) is 0 Å². The Balaban J connectivity index is 2.07. The highest BCUT2D eigenvalue weighted by molar-refractivity contribution is 5.81. The first kappa shape index (κ1) is 12.9. The van der Waals surface area contributed by atoms with Crippen LogP contribution in [0.1, 0.15) is 35.7 Å². The Morgan fingerprint density at radius 3 is 2.80 bits per heavy atom. The summed E-state index contributed by atoms with van der Waals surface area (Å²) in [6.45, 7) is 6.65. The molecular formula is C16H18N2O2. The van der Waals surface area contributed by atoms with Crippen molar-refractivity contribution in [1.82, 2.24) is 9.78 Å². The fourth-order valence-electron chi connectivity index (χ4n) is 2.55. The van der Waals surface area contributed by atoms with Crippen LogP contribution in [0.3, 0.4) is 0 Å². The summed E-state index contributed by atoms with van der Waals surface area (Å²) >= 11 is 0. The molecule has 4 nitrogen and oxygen atoms in total. The fraction of sp³-hybridized carbons (Fsp3) is 0.312. The van der Waals surface area contributed by atoms with Crippen LogP contribution in [0, 0.1) is 13.8 Å². The first-order valence-electron chi connectivity index (χ1n) is 6.81. The predicted octanol–water partition coefficient (Wildman–Crippen LogP) is 3.35. The number of furan rings is 1. The van der Waals surface area contributed by atoms with Gasteiger partial charge in [0.2, 0.25) is 0 Å². The number of aliphatic hydroxyl groups excluding tert-OH is 1. The second-order valence-electron chi connectivity index (χ2n) is 5.07. The van der Waals surface area contributed by atoms with Crippen LogP contribution in [0.2, 0.25) is 0 Å². The smallest absolute Gasteiger partial charge is 0.153 e. The van der Waals surface area contributed by atoms with Gasteiger partial charge in [0.1, 0.15) is 11.3 Å². The van der Waals surface area contributed by atoms with Crippen molar-refractivity contribution in [3.05, 3.63) is 53.0 Å². The number of aliphatic hydroxyl groups is 1. The lowest BCUT2D eigenvalue weighted by molar-refractivity contribution is 0.181. The Labute approximate surface area is 117 Å². The molecule has 0 amide bonds. The molecular weight excluding hydrogens is 252 g/mol. The highest BCUT2D eigenvalue weighted by Crippen LogP contribution is 2.30. The third-order valence-electron chi connectivity index (χ3n) is 3.54. The van der Waals surface area contributed by atoms with Gasteiger partial charge in [0.05, 0.1) is 11.4 Å². The summed E-state index contributed by atoms with van der Waals surface area (Å²) in [6, 6.07) is 9.78. The van der Waals surface area contributed by atoms with E-state index in [1.54, 1.807) is 4.68 Å². The maximum Gasteiger partial charge on any atom is 0.153 e. The molecule has 0 aliphatic rings. The molecule has 104 valence electrons. The molecule has 0 fully saturated rings. The second kappa shape index (κ2) is 4.80. The molecule has 20 heavy (non-hydrogen) atoms. The van der Waals surface area contributed by atoms with Crippen LogP contribution in [-0.4, -0.2) is 14.9 Å². The van der Waals surface area contributed by atoms with Crippen molar-refractivity contribution in [3.8, 4) is 0 Å². The SMILES string of the molecule is CCn1nc(C)cc1C(O)c1cc2cccc(C)c2o1. The molecule has 2 heterocycles. The van der Waals surface area contributed by atoms with Gasteiger partial charge in [0.25, 0.3) is 0 Å². The molecule has 2 aromatic heterocycles. The molecule has 1 atom stereocenters. The number of fused-ring (bicyclic) bond motifs is 1. The monoisotopic (exact) mass is 270 g/mol. The van der Waals surface area contributed by atoms with Crippen molar-refractivity contribution < 1.29 is 9.52 Å². The summed E-state index contributed by atoms with van der Waals surface area (Å²) in [4.78, 5) is 0. The second-order valence-corrected chi connectivity index (χ2v) is 5.07. The Morgan fingerprint density at radius 2 is 2.10 bits per heavy atom. The van der Waals surface area contributed by atoms with Crippen molar-refractivity contribution in [3.63, 3.8) is 0 Å². The molecule has 0 radical (unpaired) electrons. The third-order valence-corrected chi connectivity index (χ3v) is 3.54. The quantitative estimate of drug-likeness (QED) is 0.794. The zero-order valence-electron chi connectivity index (χ0n) is 11.9. The minimum absolute atomic E-state index is 0.559. The molecule has 4 heteroatoms. The lowest BCUT2D eigenvalue weighted by Crippen LogP contribution is -2.08. The molecule has 1 aromatic carbocycles. The topological polar surface area (TPSA) is 51.2 Å². The lowest BCUT2D eigenvalue weighted by atomic mass is 10.1. The number of hydrogen-bond donors (Lipinski definition) is 1.